The number of nitrogens with zero attached hydrogens (tertiary/aromatic N) is 1. The molecular weight excluding hydrogens is 232 g/mol. The Morgan fingerprint density at radius 3 is 2.50 bits per heavy atom. The maximum absolute atomic E-state index is 11.4. The van der Waals surface area contributed by atoms with Crippen LogP contribution in [0.15, 0.2) is 18.2 Å². The molecule has 1 aromatic carbocycles. The first-order valence-corrected chi connectivity index (χ1v) is 4.80. The van der Waals surface area contributed by atoms with Crippen LogP contribution in [0.3, 0.4) is 0 Å². The maximum Gasteiger partial charge on any atom is 0.337 e. The molecular formula is C10H11ClN2O3. The zero-order valence-corrected chi connectivity index (χ0v) is 9.58. The molecule has 5 nitrogen and oxygen atoms in total. The quantitative estimate of drug-likeness (QED) is 0.835. The van der Waals surface area contributed by atoms with Crippen LogP contribution in [-0.2, 0) is 0 Å². The molecule has 2 amide bonds. The van der Waals surface area contributed by atoms with Crippen LogP contribution >= 0.6 is 11.6 Å². The van der Waals surface area contributed by atoms with Crippen molar-refractivity contribution in [1.82, 2.24) is 4.90 Å². The van der Waals surface area contributed by atoms with Crippen molar-refractivity contribution in [3.63, 3.8) is 0 Å². The number of amides is 2. The number of hydrogen-bond acceptors (Lipinski definition) is 2. The Morgan fingerprint density at radius 2 is 2.00 bits per heavy atom. The second-order valence-corrected chi connectivity index (χ2v) is 3.76. The predicted octanol–water partition coefficient (Wildman–Crippen LogP) is 2.13. The summed E-state index contributed by atoms with van der Waals surface area (Å²) >= 11 is 5.73. The lowest BCUT2D eigenvalue weighted by Crippen LogP contribution is -2.28. The number of hydrogen-bond donors (Lipinski definition) is 2. The Kier molecular flexibility index (Phi) is 3.73. The summed E-state index contributed by atoms with van der Waals surface area (Å²) in [7, 11) is 3.11. The molecule has 0 aliphatic carbocycles. The van der Waals surface area contributed by atoms with E-state index in [2.05, 4.69) is 5.32 Å². The van der Waals surface area contributed by atoms with Gasteiger partial charge in [-0.1, -0.05) is 11.6 Å². The third kappa shape index (κ3) is 2.87. The van der Waals surface area contributed by atoms with E-state index in [4.69, 9.17) is 16.7 Å². The molecule has 0 aromatic heterocycles. The highest BCUT2D eigenvalue weighted by molar-refractivity contribution is 6.31. The summed E-state index contributed by atoms with van der Waals surface area (Å²) < 4.78 is 0. The largest absolute Gasteiger partial charge is 0.478 e. The summed E-state index contributed by atoms with van der Waals surface area (Å²) in [4.78, 5) is 23.6. The van der Waals surface area contributed by atoms with Gasteiger partial charge in [-0.15, -0.1) is 0 Å². The topological polar surface area (TPSA) is 69.6 Å². The molecule has 0 bridgehead atoms. The maximum atomic E-state index is 11.4. The average molecular weight is 243 g/mol. The van der Waals surface area contributed by atoms with E-state index in [9.17, 15) is 9.59 Å². The summed E-state index contributed by atoms with van der Waals surface area (Å²) in [6.07, 6.45) is 0. The number of carboxylic acid groups (broad SMARTS) is 1. The molecule has 0 spiro atoms. The molecule has 6 heteroatoms. The summed E-state index contributed by atoms with van der Waals surface area (Å²) in [5.41, 5.74) is 0.179. The number of carboxylic acids is 1. The normalized spacial score (nSPS) is 9.69. The van der Waals surface area contributed by atoms with Crippen molar-refractivity contribution in [2.24, 2.45) is 0 Å². The number of anilines is 1. The van der Waals surface area contributed by atoms with Crippen LogP contribution in [-0.4, -0.2) is 36.1 Å². The van der Waals surface area contributed by atoms with E-state index in [-0.39, 0.29) is 11.3 Å². The first-order chi connectivity index (χ1) is 7.41. The van der Waals surface area contributed by atoms with E-state index in [0.29, 0.717) is 5.02 Å². The minimum atomic E-state index is -1.12. The van der Waals surface area contributed by atoms with Gasteiger partial charge in [0.1, 0.15) is 0 Å². The number of nitrogens with one attached hydrogen (secondary N) is 1. The number of benzene rings is 1. The number of rotatable bonds is 2. The molecule has 0 aliphatic rings. The van der Waals surface area contributed by atoms with Gasteiger partial charge in [-0.05, 0) is 18.2 Å². The van der Waals surface area contributed by atoms with Crippen molar-refractivity contribution < 1.29 is 14.7 Å². The van der Waals surface area contributed by atoms with Crippen LogP contribution in [0.4, 0.5) is 10.5 Å². The van der Waals surface area contributed by atoms with Crippen LogP contribution in [0.2, 0.25) is 5.02 Å². The average Bonchev–Trinajstić information content (AvgIpc) is 2.16. The SMILES string of the molecule is CN(C)C(=O)Nc1cc(Cl)ccc1C(=O)O. The van der Waals surface area contributed by atoms with E-state index in [0.717, 1.165) is 0 Å². The molecule has 1 rings (SSSR count). The minimum Gasteiger partial charge on any atom is -0.478 e. The van der Waals surface area contributed by atoms with Crippen molar-refractivity contribution in [2.75, 3.05) is 19.4 Å². The highest BCUT2D eigenvalue weighted by atomic mass is 35.5. The van der Waals surface area contributed by atoms with Crippen LogP contribution < -0.4 is 5.32 Å². The summed E-state index contributed by atoms with van der Waals surface area (Å²) in [5.74, 6) is -1.12. The van der Waals surface area contributed by atoms with E-state index in [1.54, 1.807) is 14.1 Å². The molecule has 0 aliphatic heterocycles. The van der Waals surface area contributed by atoms with Crippen molar-refractivity contribution in [1.29, 1.82) is 0 Å². The standard InChI is InChI=1S/C10H11ClN2O3/c1-13(2)10(16)12-8-5-6(11)3-4-7(8)9(14)15/h3-5H,1-2H3,(H,12,16)(H,14,15). The molecule has 2 N–H and O–H groups in total. The van der Waals surface area contributed by atoms with E-state index in [1.807, 2.05) is 0 Å². The zero-order chi connectivity index (χ0) is 12.3. The van der Waals surface area contributed by atoms with Gasteiger partial charge in [-0.2, -0.15) is 0 Å². The lowest BCUT2D eigenvalue weighted by atomic mass is 10.2. The van der Waals surface area contributed by atoms with Gasteiger partial charge in [0.15, 0.2) is 0 Å². The Hall–Kier alpha value is -1.75. The molecule has 16 heavy (non-hydrogen) atoms. The van der Waals surface area contributed by atoms with Gasteiger partial charge >= 0.3 is 12.0 Å². The van der Waals surface area contributed by atoms with E-state index < -0.39 is 12.0 Å². The molecule has 0 heterocycles. The third-order valence-corrected chi connectivity index (χ3v) is 2.09. The van der Waals surface area contributed by atoms with Crippen molar-refractivity contribution in [2.45, 2.75) is 0 Å². The molecule has 0 saturated heterocycles. The van der Waals surface area contributed by atoms with E-state index in [1.165, 1.54) is 23.1 Å². The Bertz CT molecular complexity index is 432. The molecule has 0 saturated carbocycles. The van der Waals surface area contributed by atoms with Gasteiger partial charge in [0.25, 0.3) is 0 Å². The minimum absolute atomic E-state index is 0.000370. The predicted molar refractivity (Wildman–Crippen MR) is 61.1 cm³/mol. The van der Waals surface area contributed by atoms with Crippen LogP contribution in [0, 0.1) is 0 Å². The Balaban J connectivity index is 3.06. The first kappa shape index (κ1) is 12.3. The number of urea groups is 1. The Labute approximate surface area is 97.6 Å². The molecule has 0 unspecified atom stereocenters. The monoisotopic (exact) mass is 242 g/mol. The van der Waals surface area contributed by atoms with Crippen LogP contribution in [0.1, 0.15) is 10.4 Å². The number of halogens is 1. The summed E-state index contributed by atoms with van der Waals surface area (Å²) in [6.45, 7) is 0. The van der Waals surface area contributed by atoms with Crippen LogP contribution in [0.5, 0.6) is 0 Å². The van der Waals surface area contributed by atoms with Gasteiger partial charge in [-0.25, -0.2) is 9.59 Å². The van der Waals surface area contributed by atoms with Crippen LogP contribution in [0.25, 0.3) is 0 Å². The zero-order valence-electron chi connectivity index (χ0n) is 8.82. The second-order valence-electron chi connectivity index (χ2n) is 3.32. The fourth-order valence-corrected chi connectivity index (χ4v) is 1.21. The van der Waals surface area contributed by atoms with Gasteiger partial charge < -0.3 is 15.3 Å². The van der Waals surface area contributed by atoms with E-state index >= 15 is 0 Å². The third-order valence-electron chi connectivity index (χ3n) is 1.86. The highest BCUT2D eigenvalue weighted by Gasteiger charge is 2.13. The van der Waals surface area contributed by atoms with Gasteiger partial charge in [0, 0.05) is 19.1 Å². The van der Waals surface area contributed by atoms with Gasteiger partial charge in [0.2, 0.25) is 0 Å². The Morgan fingerprint density at radius 1 is 1.38 bits per heavy atom. The smallest absolute Gasteiger partial charge is 0.337 e. The number of carbonyl (C=O) groups is 2. The molecule has 0 fully saturated rings. The van der Waals surface area contributed by atoms with Gasteiger partial charge in [-0.3, -0.25) is 0 Å². The summed E-state index contributed by atoms with van der Waals surface area (Å²) in [5, 5.41) is 11.7. The molecule has 1 aromatic rings. The lowest BCUT2D eigenvalue weighted by Gasteiger charge is -2.13. The van der Waals surface area contributed by atoms with Crippen molar-refractivity contribution in [3.8, 4) is 0 Å². The molecule has 86 valence electrons. The number of carbonyl (C=O) groups excluding carboxylic acids is 1. The second kappa shape index (κ2) is 4.85. The van der Waals surface area contributed by atoms with Gasteiger partial charge in [0.05, 0.1) is 11.3 Å². The highest BCUT2D eigenvalue weighted by Crippen LogP contribution is 2.21. The number of aromatic carboxylic acids is 1. The fourth-order valence-electron chi connectivity index (χ4n) is 1.03. The first-order valence-electron chi connectivity index (χ1n) is 4.43. The lowest BCUT2D eigenvalue weighted by molar-refractivity contribution is 0.0698. The summed E-state index contributed by atoms with van der Waals surface area (Å²) in [6, 6.07) is 3.78. The van der Waals surface area contributed by atoms with Crippen molar-refractivity contribution >= 4 is 29.3 Å². The van der Waals surface area contributed by atoms with Crippen molar-refractivity contribution in [3.05, 3.63) is 28.8 Å². The molecule has 0 radical (unpaired) electrons. The molecule has 0 atom stereocenters. The fraction of sp³-hybridized carbons (Fsp3) is 0.200.